The van der Waals surface area contributed by atoms with Gasteiger partial charge in [-0.2, -0.15) is 11.8 Å². The monoisotopic (exact) mass is 268 g/mol. The number of hydrogen-bond acceptors (Lipinski definition) is 5. The Kier molecular flexibility index (Phi) is 5.51. The summed E-state index contributed by atoms with van der Waals surface area (Å²) < 4.78 is 4.63. The van der Waals surface area contributed by atoms with Crippen LogP contribution in [-0.2, 0) is 9.53 Å². The van der Waals surface area contributed by atoms with Gasteiger partial charge in [0.1, 0.15) is 6.04 Å². The minimum Gasteiger partial charge on any atom is -0.467 e. The van der Waals surface area contributed by atoms with Gasteiger partial charge in [0, 0.05) is 17.0 Å². The fourth-order valence-corrected chi connectivity index (χ4v) is 1.95. The molecule has 0 heterocycles. The third-order valence-electron chi connectivity index (χ3n) is 2.27. The third kappa shape index (κ3) is 3.96. The summed E-state index contributed by atoms with van der Waals surface area (Å²) >= 11 is 1.45. The number of ether oxygens (including phenoxy) is 1. The average Bonchev–Trinajstić information content (AvgIpc) is 2.37. The smallest absolute Gasteiger partial charge is 0.329 e. The van der Waals surface area contributed by atoms with Gasteiger partial charge in [-0.1, -0.05) is 6.07 Å². The van der Waals surface area contributed by atoms with E-state index >= 15 is 0 Å². The first kappa shape index (κ1) is 14.4. The Bertz CT molecular complexity index is 437. The van der Waals surface area contributed by atoms with E-state index in [0.29, 0.717) is 17.0 Å². The van der Waals surface area contributed by atoms with Crippen LogP contribution in [0, 0.1) is 0 Å². The molecule has 18 heavy (non-hydrogen) atoms. The highest BCUT2D eigenvalue weighted by molar-refractivity contribution is 7.98. The van der Waals surface area contributed by atoms with E-state index in [9.17, 15) is 9.59 Å². The first-order valence-corrected chi connectivity index (χ1v) is 6.71. The summed E-state index contributed by atoms with van der Waals surface area (Å²) in [6.07, 6.45) is 1.85. The van der Waals surface area contributed by atoms with Gasteiger partial charge >= 0.3 is 5.97 Å². The number of hydrogen-bond donors (Lipinski definition) is 2. The Morgan fingerprint density at radius 2 is 2.22 bits per heavy atom. The van der Waals surface area contributed by atoms with E-state index in [1.165, 1.54) is 18.9 Å². The Morgan fingerprint density at radius 1 is 1.50 bits per heavy atom. The lowest BCUT2D eigenvalue weighted by Gasteiger charge is -2.15. The summed E-state index contributed by atoms with van der Waals surface area (Å²) in [6.45, 7) is 0. The largest absolute Gasteiger partial charge is 0.467 e. The Labute approximate surface area is 110 Å². The number of benzene rings is 1. The molecular weight excluding hydrogens is 252 g/mol. The molecule has 0 bridgehead atoms. The van der Waals surface area contributed by atoms with E-state index in [1.54, 1.807) is 24.3 Å². The SMILES string of the molecule is COC(=O)C(CSC)NC(=O)c1cccc(N)c1. The standard InChI is InChI=1S/C12H16N2O3S/c1-17-12(16)10(7-18-2)14-11(15)8-4-3-5-9(13)6-8/h3-6,10H,7,13H2,1-2H3,(H,14,15). The molecule has 1 aromatic rings. The van der Waals surface area contributed by atoms with Crippen LogP contribution in [0.2, 0.25) is 0 Å². The van der Waals surface area contributed by atoms with Crippen LogP contribution in [0.4, 0.5) is 5.69 Å². The van der Waals surface area contributed by atoms with Gasteiger partial charge in [-0.25, -0.2) is 4.79 Å². The molecule has 1 atom stereocenters. The molecule has 0 fully saturated rings. The Balaban J connectivity index is 2.75. The maximum atomic E-state index is 11.9. The second-order valence-electron chi connectivity index (χ2n) is 3.63. The zero-order chi connectivity index (χ0) is 13.5. The van der Waals surface area contributed by atoms with E-state index in [1.807, 2.05) is 6.26 Å². The van der Waals surface area contributed by atoms with Crippen LogP contribution in [0.25, 0.3) is 0 Å². The van der Waals surface area contributed by atoms with Crippen LogP contribution in [0.3, 0.4) is 0 Å². The van der Waals surface area contributed by atoms with Crippen LogP contribution >= 0.6 is 11.8 Å². The predicted octanol–water partition coefficient (Wildman–Crippen LogP) is 0.903. The number of thioether (sulfide) groups is 1. The fourth-order valence-electron chi connectivity index (χ4n) is 1.40. The lowest BCUT2D eigenvalue weighted by atomic mass is 10.2. The van der Waals surface area contributed by atoms with Crippen molar-refractivity contribution in [2.75, 3.05) is 24.9 Å². The number of methoxy groups -OCH3 is 1. The van der Waals surface area contributed by atoms with Gasteiger partial charge in [0.2, 0.25) is 0 Å². The number of carbonyl (C=O) groups is 2. The number of amides is 1. The summed E-state index contributed by atoms with van der Waals surface area (Å²) in [7, 11) is 1.29. The molecule has 0 aliphatic carbocycles. The van der Waals surface area contributed by atoms with Gasteiger partial charge in [-0.05, 0) is 24.5 Å². The van der Waals surface area contributed by atoms with E-state index in [4.69, 9.17) is 5.73 Å². The van der Waals surface area contributed by atoms with Crippen LogP contribution < -0.4 is 11.1 Å². The number of carbonyl (C=O) groups excluding carboxylic acids is 2. The number of nitrogens with two attached hydrogens (primary N) is 1. The van der Waals surface area contributed by atoms with Gasteiger partial charge in [0.15, 0.2) is 0 Å². The van der Waals surface area contributed by atoms with Crippen molar-refractivity contribution < 1.29 is 14.3 Å². The number of nitrogen functional groups attached to an aromatic ring is 1. The molecule has 0 aliphatic heterocycles. The topological polar surface area (TPSA) is 81.4 Å². The Morgan fingerprint density at radius 3 is 2.78 bits per heavy atom. The van der Waals surface area contributed by atoms with E-state index in [0.717, 1.165) is 0 Å². The molecule has 0 saturated heterocycles. The summed E-state index contributed by atoms with van der Waals surface area (Å²) in [5, 5.41) is 2.62. The van der Waals surface area contributed by atoms with Crippen LogP contribution in [-0.4, -0.2) is 37.0 Å². The number of rotatable bonds is 5. The average molecular weight is 268 g/mol. The second-order valence-corrected chi connectivity index (χ2v) is 4.54. The van der Waals surface area contributed by atoms with E-state index < -0.39 is 12.0 Å². The van der Waals surface area contributed by atoms with Crippen molar-refractivity contribution in [2.24, 2.45) is 0 Å². The minimum absolute atomic E-state index is 0.341. The molecule has 0 saturated carbocycles. The van der Waals surface area contributed by atoms with Crippen molar-refractivity contribution in [1.82, 2.24) is 5.32 Å². The molecule has 0 aliphatic rings. The molecule has 1 rings (SSSR count). The van der Waals surface area contributed by atoms with Gasteiger partial charge < -0.3 is 15.8 Å². The van der Waals surface area contributed by atoms with Crippen molar-refractivity contribution in [2.45, 2.75) is 6.04 Å². The zero-order valence-corrected chi connectivity index (χ0v) is 11.1. The highest BCUT2D eigenvalue weighted by atomic mass is 32.2. The van der Waals surface area contributed by atoms with Crippen molar-refractivity contribution in [1.29, 1.82) is 0 Å². The van der Waals surface area contributed by atoms with Gasteiger partial charge in [0.05, 0.1) is 7.11 Å². The predicted molar refractivity (Wildman–Crippen MR) is 72.5 cm³/mol. The quantitative estimate of drug-likeness (QED) is 0.612. The maximum Gasteiger partial charge on any atom is 0.329 e. The van der Waals surface area contributed by atoms with Crippen molar-refractivity contribution in [3.8, 4) is 0 Å². The number of nitrogens with one attached hydrogen (secondary N) is 1. The summed E-state index contributed by atoms with van der Waals surface area (Å²) in [6, 6.07) is 5.92. The summed E-state index contributed by atoms with van der Waals surface area (Å²) in [5.41, 5.74) is 6.52. The molecule has 1 aromatic carbocycles. The normalized spacial score (nSPS) is 11.7. The first-order valence-electron chi connectivity index (χ1n) is 5.31. The molecule has 3 N–H and O–H groups in total. The molecule has 6 heteroatoms. The van der Waals surface area contributed by atoms with E-state index in [2.05, 4.69) is 10.1 Å². The summed E-state index contributed by atoms with van der Waals surface area (Å²) in [5.74, 6) is -0.339. The number of anilines is 1. The highest BCUT2D eigenvalue weighted by Crippen LogP contribution is 2.07. The lowest BCUT2D eigenvalue weighted by Crippen LogP contribution is -2.43. The van der Waals surface area contributed by atoms with Gasteiger partial charge in [-0.3, -0.25) is 4.79 Å². The Hall–Kier alpha value is -1.69. The molecule has 5 nitrogen and oxygen atoms in total. The van der Waals surface area contributed by atoms with Crippen LogP contribution in [0.1, 0.15) is 10.4 Å². The first-order chi connectivity index (χ1) is 8.58. The van der Waals surface area contributed by atoms with E-state index in [-0.39, 0.29) is 5.91 Å². The molecule has 98 valence electrons. The number of esters is 1. The maximum absolute atomic E-state index is 11.9. The van der Waals surface area contributed by atoms with Crippen molar-refractivity contribution in [3.05, 3.63) is 29.8 Å². The molecule has 0 aromatic heterocycles. The fraction of sp³-hybridized carbons (Fsp3) is 0.333. The molecular formula is C12H16N2O3S. The third-order valence-corrected chi connectivity index (χ3v) is 2.94. The molecule has 0 spiro atoms. The molecule has 1 unspecified atom stereocenters. The van der Waals surface area contributed by atoms with Crippen LogP contribution in [0.5, 0.6) is 0 Å². The van der Waals surface area contributed by atoms with Crippen molar-refractivity contribution >= 4 is 29.3 Å². The molecule has 1 amide bonds. The van der Waals surface area contributed by atoms with Crippen molar-refractivity contribution in [3.63, 3.8) is 0 Å². The van der Waals surface area contributed by atoms with Gasteiger partial charge in [0.25, 0.3) is 5.91 Å². The second kappa shape index (κ2) is 6.90. The highest BCUT2D eigenvalue weighted by Gasteiger charge is 2.21. The molecule has 0 radical (unpaired) electrons. The van der Waals surface area contributed by atoms with Crippen LogP contribution in [0.15, 0.2) is 24.3 Å². The summed E-state index contributed by atoms with van der Waals surface area (Å²) in [4.78, 5) is 23.4. The zero-order valence-electron chi connectivity index (χ0n) is 10.3. The minimum atomic E-state index is -0.654. The van der Waals surface area contributed by atoms with Gasteiger partial charge in [-0.15, -0.1) is 0 Å². The lowest BCUT2D eigenvalue weighted by molar-refractivity contribution is -0.142.